The number of methoxy groups -OCH3 is 1. The number of amides is 1. The van der Waals surface area contributed by atoms with E-state index in [1.807, 2.05) is 42.5 Å². The van der Waals surface area contributed by atoms with Crippen LogP contribution in [0.15, 0.2) is 54.6 Å². The zero-order valence-electron chi connectivity index (χ0n) is 14.4. The van der Waals surface area contributed by atoms with Crippen LogP contribution in [0.25, 0.3) is 0 Å². The molecule has 1 unspecified atom stereocenters. The van der Waals surface area contributed by atoms with Crippen molar-refractivity contribution in [1.82, 2.24) is 4.90 Å². The minimum atomic E-state index is -0.780. The fraction of sp³-hybridized carbons (Fsp3) is 0.350. The Morgan fingerprint density at radius 2 is 1.92 bits per heavy atom. The van der Waals surface area contributed by atoms with Crippen molar-refractivity contribution >= 4 is 5.91 Å². The van der Waals surface area contributed by atoms with E-state index >= 15 is 0 Å². The van der Waals surface area contributed by atoms with E-state index in [0.717, 1.165) is 5.56 Å². The molecule has 25 heavy (non-hydrogen) atoms. The molecule has 1 amide bonds. The van der Waals surface area contributed by atoms with E-state index in [2.05, 4.69) is 0 Å². The monoisotopic (exact) mass is 341 g/mol. The number of nitrogens with zero attached hydrogens (tertiary/aromatic N) is 1. The van der Waals surface area contributed by atoms with Gasteiger partial charge in [-0.25, -0.2) is 0 Å². The van der Waals surface area contributed by atoms with Crippen molar-refractivity contribution in [3.8, 4) is 5.75 Å². The van der Waals surface area contributed by atoms with E-state index < -0.39 is 5.60 Å². The first-order chi connectivity index (χ1) is 12.2. The summed E-state index contributed by atoms with van der Waals surface area (Å²) in [5.41, 5.74) is 0.818. The molecule has 1 aliphatic rings. The number of morpholine rings is 1. The molecule has 1 aliphatic heterocycles. The number of ether oxygens (including phenoxy) is 2. The Morgan fingerprint density at radius 1 is 1.20 bits per heavy atom. The second-order valence-corrected chi connectivity index (χ2v) is 6.28. The normalized spacial score (nSPS) is 20.3. The Kier molecular flexibility index (Phi) is 5.36. The average molecular weight is 341 g/mol. The summed E-state index contributed by atoms with van der Waals surface area (Å²) in [6.45, 7) is 1.09. The molecule has 1 N–H and O–H groups in total. The maximum Gasteiger partial charge on any atom is 0.257 e. The van der Waals surface area contributed by atoms with E-state index in [4.69, 9.17) is 9.47 Å². The Morgan fingerprint density at radius 3 is 2.64 bits per heavy atom. The summed E-state index contributed by atoms with van der Waals surface area (Å²) in [6, 6.07) is 17.1. The highest BCUT2D eigenvalue weighted by molar-refractivity contribution is 5.97. The van der Waals surface area contributed by atoms with Crippen LogP contribution in [0, 0.1) is 0 Å². The first kappa shape index (κ1) is 17.5. The van der Waals surface area contributed by atoms with Gasteiger partial charge >= 0.3 is 0 Å². The molecule has 0 aliphatic carbocycles. The standard InChI is InChI=1S/C20H23NO4/c1-24-18-10-6-5-9-17(18)19(23)21-11-12-25-20(14-21,15-22)13-16-7-3-2-4-8-16/h2-10,22H,11-15H2,1H3. The molecule has 1 saturated heterocycles. The van der Waals surface area contributed by atoms with Crippen molar-refractivity contribution in [2.24, 2.45) is 0 Å². The van der Waals surface area contributed by atoms with Gasteiger partial charge in [0.05, 0.1) is 32.4 Å². The van der Waals surface area contributed by atoms with Gasteiger partial charge in [-0.2, -0.15) is 0 Å². The Balaban J connectivity index is 1.80. The maximum atomic E-state index is 12.9. The number of rotatable bonds is 5. The van der Waals surface area contributed by atoms with Gasteiger partial charge < -0.3 is 19.5 Å². The van der Waals surface area contributed by atoms with Gasteiger partial charge in [-0.1, -0.05) is 42.5 Å². The van der Waals surface area contributed by atoms with Gasteiger partial charge in [0.1, 0.15) is 11.4 Å². The highest BCUT2D eigenvalue weighted by atomic mass is 16.5. The van der Waals surface area contributed by atoms with Gasteiger partial charge in [-0.3, -0.25) is 4.79 Å². The molecule has 0 radical (unpaired) electrons. The fourth-order valence-corrected chi connectivity index (χ4v) is 3.24. The summed E-state index contributed by atoms with van der Waals surface area (Å²) >= 11 is 0. The molecule has 2 aromatic carbocycles. The lowest BCUT2D eigenvalue weighted by molar-refractivity contribution is -0.123. The molecule has 3 rings (SSSR count). The minimum Gasteiger partial charge on any atom is -0.496 e. The zero-order chi connectivity index (χ0) is 17.7. The summed E-state index contributed by atoms with van der Waals surface area (Å²) in [4.78, 5) is 14.7. The summed E-state index contributed by atoms with van der Waals surface area (Å²) < 4.78 is 11.2. The smallest absolute Gasteiger partial charge is 0.257 e. The van der Waals surface area contributed by atoms with Crippen LogP contribution < -0.4 is 4.74 Å². The maximum absolute atomic E-state index is 12.9. The third-order valence-corrected chi connectivity index (χ3v) is 4.53. The van der Waals surface area contributed by atoms with Crippen molar-refractivity contribution < 1.29 is 19.4 Å². The third kappa shape index (κ3) is 3.83. The van der Waals surface area contributed by atoms with E-state index in [1.165, 1.54) is 0 Å². The molecule has 1 atom stereocenters. The Bertz CT molecular complexity index is 719. The lowest BCUT2D eigenvalue weighted by atomic mass is 9.93. The van der Waals surface area contributed by atoms with Gasteiger partial charge in [0.15, 0.2) is 0 Å². The highest BCUT2D eigenvalue weighted by Gasteiger charge is 2.38. The third-order valence-electron chi connectivity index (χ3n) is 4.53. The number of carbonyl (C=O) groups excluding carboxylic acids is 1. The molecule has 132 valence electrons. The van der Waals surface area contributed by atoms with Crippen LogP contribution >= 0.6 is 0 Å². The van der Waals surface area contributed by atoms with Crippen LogP contribution in [0.3, 0.4) is 0 Å². The molecular formula is C20H23NO4. The average Bonchev–Trinajstić information content (AvgIpc) is 2.68. The summed E-state index contributed by atoms with van der Waals surface area (Å²) in [6.07, 6.45) is 0.556. The lowest BCUT2D eigenvalue weighted by Crippen LogP contribution is -2.56. The Labute approximate surface area is 147 Å². The van der Waals surface area contributed by atoms with Gasteiger partial charge in [0.2, 0.25) is 0 Å². The summed E-state index contributed by atoms with van der Waals surface area (Å²) in [5, 5.41) is 9.99. The molecule has 1 fully saturated rings. The van der Waals surface area contributed by atoms with E-state index in [1.54, 1.807) is 24.1 Å². The number of para-hydroxylation sites is 1. The van der Waals surface area contributed by atoms with Crippen LogP contribution in [0.5, 0.6) is 5.75 Å². The molecule has 0 aromatic heterocycles. The molecule has 5 heteroatoms. The first-order valence-corrected chi connectivity index (χ1v) is 8.38. The largest absolute Gasteiger partial charge is 0.496 e. The van der Waals surface area contributed by atoms with Gasteiger partial charge in [0.25, 0.3) is 5.91 Å². The van der Waals surface area contributed by atoms with Crippen molar-refractivity contribution in [3.63, 3.8) is 0 Å². The van der Waals surface area contributed by atoms with Gasteiger partial charge in [0, 0.05) is 13.0 Å². The predicted molar refractivity (Wildman–Crippen MR) is 94.8 cm³/mol. The number of hydrogen-bond acceptors (Lipinski definition) is 4. The van der Waals surface area contributed by atoms with E-state index in [0.29, 0.717) is 37.4 Å². The van der Waals surface area contributed by atoms with Crippen LogP contribution in [-0.2, 0) is 11.2 Å². The molecule has 0 bridgehead atoms. The van der Waals surface area contributed by atoms with E-state index in [9.17, 15) is 9.90 Å². The molecule has 1 heterocycles. The highest BCUT2D eigenvalue weighted by Crippen LogP contribution is 2.26. The number of aliphatic hydroxyl groups is 1. The van der Waals surface area contributed by atoms with Gasteiger partial charge in [-0.05, 0) is 17.7 Å². The second kappa shape index (κ2) is 7.68. The minimum absolute atomic E-state index is 0.105. The predicted octanol–water partition coefficient (Wildman–Crippen LogP) is 2.14. The number of carbonyl (C=O) groups is 1. The lowest BCUT2D eigenvalue weighted by Gasteiger charge is -2.42. The van der Waals surface area contributed by atoms with Crippen LogP contribution in [0.2, 0.25) is 0 Å². The first-order valence-electron chi connectivity index (χ1n) is 8.38. The second-order valence-electron chi connectivity index (χ2n) is 6.28. The summed E-state index contributed by atoms with van der Waals surface area (Å²) in [5.74, 6) is 0.447. The molecular weight excluding hydrogens is 318 g/mol. The SMILES string of the molecule is COc1ccccc1C(=O)N1CCOC(CO)(Cc2ccccc2)C1. The topological polar surface area (TPSA) is 59.0 Å². The summed E-state index contributed by atoms with van der Waals surface area (Å²) in [7, 11) is 1.55. The number of hydrogen-bond donors (Lipinski definition) is 1. The number of benzene rings is 2. The quantitative estimate of drug-likeness (QED) is 0.905. The fourth-order valence-electron chi connectivity index (χ4n) is 3.24. The molecule has 5 nitrogen and oxygen atoms in total. The zero-order valence-corrected chi connectivity index (χ0v) is 14.4. The van der Waals surface area contributed by atoms with Crippen LogP contribution in [0.1, 0.15) is 15.9 Å². The molecule has 0 saturated carbocycles. The van der Waals surface area contributed by atoms with Crippen molar-refractivity contribution in [1.29, 1.82) is 0 Å². The van der Waals surface area contributed by atoms with Crippen molar-refractivity contribution in [2.75, 3.05) is 33.4 Å². The van der Waals surface area contributed by atoms with Gasteiger partial charge in [-0.15, -0.1) is 0 Å². The Hall–Kier alpha value is -2.37. The molecule has 2 aromatic rings. The number of aliphatic hydroxyl groups excluding tert-OH is 1. The van der Waals surface area contributed by atoms with Crippen molar-refractivity contribution in [2.45, 2.75) is 12.0 Å². The van der Waals surface area contributed by atoms with Crippen molar-refractivity contribution in [3.05, 3.63) is 65.7 Å². The van der Waals surface area contributed by atoms with Crippen LogP contribution in [0.4, 0.5) is 0 Å². The van der Waals surface area contributed by atoms with Crippen LogP contribution in [-0.4, -0.2) is 54.9 Å². The van der Waals surface area contributed by atoms with E-state index in [-0.39, 0.29) is 12.5 Å². The molecule has 0 spiro atoms.